The summed E-state index contributed by atoms with van der Waals surface area (Å²) in [6, 6.07) is 10.6. The van der Waals surface area contributed by atoms with Crippen LogP contribution in [-0.4, -0.2) is 11.5 Å². The number of nitrogens with zero attached hydrogens (tertiary/aromatic N) is 1. The number of rotatable bonds is 5. The number of nitro benzene ring substituents is 1. The Hall–Kier alpha value is -2.14. The third-order valence-electron chi connectivity index (χ3n) is 2.75. The average molecular weight is 295 g/mol. The van der Waals surface area contributed by atoms with Crippen LogP contribution in [0.25, 0.3) is 0 Å². The number of hydrogen-bond donors (Lipinski definition) is 1. The Morgan fingerprint density at radius 2 is 1.90 bits per heavy atom. The van der Waals surface area contributed by atoms with Gasteiger partial charge in [0.1, 0.15) is 5.82 Å². The summed E-state index contributed by atoms with van der Waals surface area (Å²) in [7, 11) is 0. The number of nitro groups is 1. The van der Waals surface area contributed by atoms with E-state index in [1.54, 1.807) is 18.2 Å². The van der Waals surface area contributed by atoms with Crippen LogP contribution in [0.1, 0.15) is 5.56 Å². The summed E-state index contributed by atoms with van der Waals surface area (Å²) in [5, 5.41) is 13.9. The normalized spacial score (nSPS) is 10.3. The fourth-order valence-electron chi connectivity index (χ4n) is 1.79. The monoisotopic (exact) mass is 294 g/mol. The Kier molecular flexibility index (Phi) is 4.53. The van der Waals surface area contributed by atoms with Crippen molar-refractivity contribution in [2.24, 2.45) is 0 Å². The van der Waals surface area contributed by atoms with E-state index in [2.05, 4.69) is 5.32 Å². The lowest BCUT2D eigenvalue weighted by Crippen LogP contribution is -2.05. The van der Waals surface area contributed by atoms with Crippen molar-refractivity contribution in [2.45, 2.75) is 6.42 Å². The van der Waals surface area contributed by atoms with Gasteiger partial charge in [0.25, 0.3) is 5.69 Å². The van der Waals surface area contributed by atoms with Crippen LogP contribution in [0, 0.1) is 15.9 Å². The SMILES string of the molecule is O=[N+]([O-])c1ccc(CCNc2cc(F)cc(Cl)c2)cc1. The van der Waals surface area contributed by atoms with Gasteiger partial charge in [-0.25, -0.2) is 4.39 Å². The van der Waals surface area contributed by atoms with E-state index in [0.717, 1.165) is 5.56 Å². The topological polar surface area (TPSA) is 55.2 Å². The van der Waals surface area contributed by atoms with Crippen molar-refractivity contribution >= 4 is 23.0 Å². The number of hydrogen-bond acceptors (Lipinski definition) is 3. The zero-order valence-electron chi connectivity index (χ0n) is 10.5. The van der Waals surface area contributed by atoms with E-state index in [1.807, 2.05) is 0 Å². The largest absolute Gasteiger partial charge is 0.385 e. The van der Waals surface area contributed by atoms with E-state index < -0.39 is 10.7 Å². The molecule has 104 valence electrons. The van der Waals surface area contributed by atoms with Crippen molar-refractivity contribution in [2.75, 3.05) is 11.9 Å². The summed E-state index contributed by atoms with van der Waals surface area (Å²) in [5.41, 5.74) is 1.64. The van der Waals surface area contributed by atoms with Gasteiger partial charge in [0.15, 0.2) is 0 Å². The molecule has 0 aliphatic heterocycles. The van der Waals surface area contributed by atoms with Crippen molar-refractivity contribution in [3.05, 3.63) is 69.0 Å². The summed E-state index contributed by atoms with van der Waals surface area (Å²) in [6.07, 6.45) is 0.673. The molecule has 1 N–H and O–H groups in total. The number of non-ortho nitro benzene ring substituents is 1. The van der Waals surface area contributed by atoms with Gasteiger partial charge in [-0.3, -0.25) is 10.1 Å². The molecule has 20 heavy (non-hydrogen) atoms. The molecule has 0 saturated heterocycles. The van der Waals surface area contributed by atoms with E-state index in [9.17, 15) is 14.5 Å². The molecule has 2 aromatic rings. The third-order valence-corrected chi connectivity index (χ3v) is 2.97. The van der Waals surface area contributed by atoms with E-state index in [4.69, 9.17) is 11.6 Å². The minimum Gasteiger partial charge on any atom is -0.385 e. The molecule has 2 rings (SSSR count). The van der Waals surface area contributed by atoms with Crippen LogP contribution in [0.3, 0.4) is 0 Å². The number of nitrogens with one attached hydrogen (secondary N) is 1. The maximum Gasteiger partial charge on any atom is 0.269 e. The third kappa shape index (κ3) is 3.93. The lowest BCUT2D eigenvalue weighted by Gasteiger charge is -2.07. The van der Waals surface area contributed by atoms with Gasteiger partial charge >= 0.3 is 0 Å². The van der Waals surface area contributed by atoms with Crippen molar-refractivity contribution in [1.29, 1.82) is 0 Å². The second kappa shape index (κ2) is 6.34. The average Bonchev–Trinajstić information content (AvgIpc) is 2.38. The lowest BCUT2D eigenvalue weighted by atomic mass is 10.1. The first-order valence-electron chi connectivity index (χ1n) is 5.98. The molecule has 0 aliphatic carbocycles. The van der Waals surface area contributed by atoms with Crippen LogP contribution in [0.2, 0.25) is 5.02 Å². The second-order valence-corrected chi connectivity index (χ2v) is 4.69. The van der Waals surface area contributed by atoms with Gasteiger partial charge in [0.05, 0.1) is 4.92 Å². The molecule has 0 heterocycles. The van der Waals surface area contributed by atoms with Crippen LogP contribution in [-0.2, 0) is 6.42 Å². The van der Waals surface area contributed by atoms with E-state index >= 15 is 0 Å². The zero-order chi connectivity index (χ0) is 14.5. The van der Waals surface area contributed by atoms with E-state index in [1.165, 1.54) is 24.3 Å². The molecule has 0 aromatic heterocycles. The molecule has 0 saturated carbocycles. The Morgan fingerprint density at radius 3 is 2.50 bits per heavy atom. The molecule has 2 aromatic carbocycles. The van der Waals surface area contributed by atoms with Crippen molar-refractivity contribution < 1.29 is 9.31 Å². The quantitative estimate of drug-likeness (QED) is 0.669. The highest BCUT2D eigenvalue weighted by Crippen LogP contribution is 2.18. The summed E-state index contributed by atoms with van der Waals surface area (Å²) < 4.78 is 13.1. The zero-order valence-corrected chi connectivity index (χ0v) is 11.2. The van der Waals surface area contributed by atoms with E-state index in [0.29, 0.717) is 23.7 Å². The van der Waals surface area contributed by atoms with Gasteiger partial charge in [-0.1, -0.05) is 23.7 Å². The highest BCUT2D eigenvalue weighted by Gasteiger charge is 2.04. The van der Waals surface area contributed by atoms with Crippen LogP contribution in [0.5, 0.6) is 0 Å². The van der Waals surface area contributed by atoms with Crippen molar-refractivity contribution in [3.8, 4) is 0 Å². The Bertz CT molecular complexity index is 597. The number of benzene rings is 2. The minimum atomic E-state index is -0.434. The molecule has 6 heteroatoms. The van der Waals surface area contributed by atoms with Gasteiger partial charge in [-0.2, -0.15) is 0 Å². The van der Waals surface area contributed by atoms with Crippen molar-refractivity contribution in [3.63, 3.8) is 0 Å². The van der Waals surface area contributed by atoms with Crippen LogP contribution in [0.15, 0.2) is 42.5 Å². The fraction of sp³-hybridized carbons (Fsp3) is 0.143. The summed E-state index contributed by atoms with van der Waals surface area (Å²) >= 11 is 5.75. The van der Waals surface area contributed by atoms with Crippen molar-refractivity contribution in [1.82, 2.24) is 0 Å². The predicted molar refractivity (Wildman–Crippen MR) is 76.7 cm³/mol. The summed E-state index contributed by atoms with van der Waals surface area (Å²) in [4.78, 5) is 10.1. The molecule has 0 radical (unpaired) electrons. The molecule has 0 bridgehead atoms. The first kappa shape index (κ1) is 14.3. The molecule has 0 unspecified atom stereocenters. The lowest BCUT2D eigenvalue weighted by molar-refractivity contribution is -0.384. The highest BCUT2D eigenvalue weighted by molar-refractivity contribution is 6.30. The molecule has 4 nitrogen and oxygen atoms in total. The van der Waals surface area contributed by atoms with Crippen LogP contribution >= 0.6 is 11.6 Å². The molecular weight excluding hydrogens is 283 g/mol. The fourth-order valence-corrected chi connectivity index (χ4v) is 2.01. The van der Waals surface area contributed by atoms with Crippen LogP contribution < -0.4 is 5.32 Å². The Labute approximate surface area is 120 Å². The first-order chi connectivity index (χ1) is 9.54. The van der Waals surface area contributed by atoms with E-state index in [-0.39, 0.29) is 5.69 Å². The minimum absolute atomic E-state index is 0.0682. The summed E-state index contributed by atoms with van der Waals surface area (Å²) in [6.45, 7) is 0.581. The molecule has 0 fully saturated rings. The number of halogens is 2. The number of anilines is 1. The Balaban J connectivity index is 1.90. The van der Waals surface area contributed by atoms with Gasteiger partial charge in [0.2, 0.25) is 0 Å². The summed E-state index contributed by atoms with van der Waals surface area (Å²) in [5.74, 6) is -0.393. The molecule has 0 atom stereocenters. The van der Waals surface area contributed by atoms with Gasteiger partial charge in [0, 0.05) is 29.4 Å². The molecule has 0 aliphatic rings. The smallest absolute Gasteiger partial charge is 0.269 e. The van der Waals surface area contributed by atoms with Gasteiger partial charge in [-0.15, -0.1) is 0 Å². The first-order valence-corrected chi connectivity index (χ1v) is 6.36. The molecular formula is C14H12ClFN2O2. The predicted octanol–water partition coefficient (Wildman–Crippen LogP) is 4.04. The van der Waals surface area contributed by atoms with Crippen LogP contribution in [0.4, 0.5) is 15.8 Å². The van der Waals surface area contributed by atoms with Gasteiger partial charge in [-0.05, 0) is 30.2 Å². The Morgan fingerprint density at radius 1 is 1.20 bits per heavy atom. The van der Waals surface area contributed by atoms with Gasteiger partial charge < -0.3 is 5.32 Å². The molecule has 0 spiro atoms. The maximum atomic E-state index is 13.1. The highest BCUT2D eigenvalue weighted by atomic mass is 35.5. The second-order valence-electron chi connectivity index (χ2n) is 4.26. The standard InChI is InChI=1S/C14H12ClFN2O2/c15-11-7-12(16)9-13(8-11)17-6-5-10-1-3-14(4-2-10)18(19)20/h1-4,7-9,17H,5-6H2. The maximum absolute atomic E-state index is 13.1. The molecule has 0 amide bonds.